The molecule has 1 amide bonds. The Kier molecular flexibility index (Phi) is 9.68. The van der Waals surface area contributed by atoms with Crippen LogP contribution in [0.5, 0.6) is 11.5 Å². The fraction of sp³-hybridized carbons (Fsp3) is 0.632. The number of nitrogens with one attached hydrogen (secondary N) is 1. The molecule has 0 spiro atoms. The van der Waals surface area contributed by atoms with Gasteiger partial charge in [-0.3, -0.25) is 4.79 Å². The van der Waals surface area contributed by atoms with E-state index < -0.39 is 6.10 Å². The fourth-order valence-electron chi connectivity index (χ4n) is 2.56. The molecule has 0 aliphatic carbocycles. The highest BCUT2D eigenvalue weighted by atomic mass is 35.5. The van der Waals surface area contributed by atoms with Crippen LogP contribution in [0.3, 0.4) is 0 Å². The minimum Gasteiger partial charge on any atom is -0.506 e. The SMILES string of the molecule is CCCCC(CC)OC(CCCC)C(=O)Nc1c(O)ccc(Cl)c1O. The second kappa shape index (κ2) is 11.2. The molecule has 1 rings (SSSR count). The van der Waals surface area contributed by atoms with Crippen LogP contribution >= 0.6 is 11.6 Å². The Labute approximate surface area is 155 Å². The minimum absolute atomic E-state index is 0.0223. The van der Waals surface area contributed by atoms with Crippen molar-refractivity contribution in [3.63, 3.8) is 0 Å². The van der Waals surface area contributed by atoms with E-state index in [1.54, 1.807) is 0 Å². The Morgan fingerprint density at radius 3 is 2.40 bits per heavy atom. The van der Waals surface area contributed by atoms with Gasteiger partial charge in [-0.05, 0) is 31.4 Å². The minimum atomic E-state index is -0.625. The summed E-state index contributed by atoms with van der Waals surface area (Å²) < 4.78 is 6.04. The topological polar surface area (TPSA) is 78.8 Å². The molecule has 0 bridgehead atoms. The average molecular weight is 372 g/mol. The quantitative estimate of drug-likeness (QED) is 0.465. The van der Waals surface area contributed by atoms with Gasteiger partial charge < -0.3 is 20.3 Å². The summed E-state index contributed by atoms with van der Waals surface area (Å²) in [4.78, 5) is 12.7. The lowest BCUT2D eigenvalue weighted by atomic mass is 10.1. The maximum atomic E-state index is 12.7. The van der Waals surface area contributed by atoms with E-state index in [2.05, 4.69) is 19.2 Å². The first-order chi connectivity index (χ1) is 11.9. The molecule has 1 aromatic rings. The van der Waals surface area contributed by atoms with Crippen molar-refractivity contribution in [2.45, 2.75) is 77.9 Å². The molecular formula is C19H30ClNO4. The van der Waals surface area contributed by atoms with Gasteiger partial charge in [0.2, 0.25) is 0 Å². The van der Waals surface area contributed by atoms with Crippen molar-refractivity contribution in [3.8, 4) is 11.5 Å². The number of anilines is 1. The third-order valence-corrected chi connectivity index (χ3v) is 4.46. The maximum absolute atomic E-state index is 12.7. The molecule has 3 N–H and O–H groups in total. The summed E-state index contributed by atoms with van der Waals surface area (Å²) in [5, 5.41) is 22.5. The van der Waals surface area contributed by atoms with Crippen molar-refractivity contribution in [2.24, 2.45) is 0 Å². The molecule has 0 aliphatic rings. The van der Waals surface area contributed by atoms with E-state index in [4.69, 9.17) is 16.3 Å². The number of phenolic OH excluding ortho intramolecular Hbond substituents is 2. The summed E-state index contributed by atoms with van der Waals surface area (Å²) in [6.07, 6.45) is 5.68. The predicted molar refractivity (Wildman–Crippen MR) is 101 cm³/mol. The zero-order valence-electron chi connectivity index (χ0n) is 15.3. The van der Waals surface area contributed by atoms with Crippen molar-refractivity contribution in [1.82, 2.24) is 0 Å². The van der Waals surface area contributed by atoms with Gasteiger partial charge in [-0.25, -0.2) is 0 Å². The Morgan fingerprint density at radius 2 is 1.80 bits per heavy atom. The van der Waals surface area contributed by atoms with Crippen LogP contribution in [0.1, 0.15) is 65.7 Å². The molecule has 2 atom stereocenters. The molecule has 1 aromatic carbocycles. The van der Waals surface area contributed by atoms with Crippen LogP contribution in [0.2, 0.25) is 5.02 Å². The molecule has 6 heteroatoms. The Bertz CT molecular complexity index is 550. The van der Waals surface area contributed by atoms with E-state index >= 15 is 0 Å². The molecule has 0 radical (unpaired) electrons. The molecular weight excluding hydrogens is 342 g/mol. The predicted octanol–water partition coefficient (Wildman–Crippen LogP) is 5.23. The second-order valence-electron chi connectivity index (χ2n) is 6.22. The number of halogens is 1. The summed E-state index contributed by atoms with van der Waals surface area (Å²) in [5.41, 5.74) is -0.0794. The van der Waals surface area contributed by atoms with Crippen molar-refractivity contribution < 1.29 is 19.7 Å². The lowest BCUT2D eigenvalue weighted by Gasteiger charge is -2.24. The fourth-order valence-corrected chi connectivity index (χ4v) is 2.72. The van der Waals surface area contributed by atoms with Crippen LogP contribution in [-0.2, 0) is 9.53 Å². The van der Waals surface area contributed by atoms with Gasteiger partial charge in [0.05, 0.1) is 11.1 Å². The zero-order chi connectivity index (χ0) is 18.8. The second-order valence-corrected chi connectivity index (χ2v) is 6.63. The van der Waals surface area contributed by atoms with Crippen LogP contribution in [0, 0.1) is 0 Å². The normalized spacial score (nSPS) is 13.4. The molecule has 0 aromatic heterocycles. The number of phenols is 2. The Hall–Kier alpha value is -1.46. The number of amides is 1. The van der Waals surface area contributed by atoms with Gasteiger partial charge in [0.1, 0.15) is 17.5 Å². The van der Waals surface area contributed by atoms with E-state index in [0.717, 1.165) is 38.5 Å². The molecule has 0 heterocycles. The van der Waals surface area contributed by atoms with Crippen molar-refractivity contribution in [2.75, 3.05) is 5.32 Å². The molecule has 5 nitrogen and oxygen atoms in total. The van der Waals surface area contributed by atoms with Crippen LogP contribution in [0.4, 0.5) is 5.69 Å². The summed E-state index contributed by atoms with van der Waals surface area (Å²) >= 11 is 5.85. The van der Waals surface area contributed by atoms with E-state index in [1.807, 2.05) is 6.92 Å². The summed E-state index contributed by atoms with van der Waals surface area (Å²) in [6, 6.07) is 2.69. The van der Waals surface area contributed by atoms with Gasteiger partial charge in [0, 0.05) is 0 Å². The van der Waals surface area contributed by atoms with Crippen molar-refractivity contribution in [3.05, 3.63) is 17.2 Å². The van der Waals surface area contributed by atoms with E-state index in [-0.39, 0.29) is 34.2 Å². The van der Waals surface area contributed by atoms with Crippen LogP contribution in [0.25, 0.3) is 0 Å². The van der Waals surface area contributed by atoms with E-state index in [0.29, 0.717) is 6.42 Å². The number of hydrogen-bond acceptors (Lipinski definition) is 4. The molecule has 0 saturated carbocycles. The molecule has 0 aliphatic heterocycles. The van der Waals surface area contributed by atoms with Crippen molar-refractivity contribution in [1.29, 1.82) is 0 Å². The number of rotatable bonds is 11. The highest BCUT2D eigenvalue weighted by Gasteiger charge is 2.24. The van der Waals surface area contributed by atoms with Crippen LogP contribution in [0.15, 0.2) is 12.1 Å². The molecule has 0 saturated heterocycles. The lowest BCUT2D eigenvalue weighted by Crippen LogP contribution is -2.34. The van der Waals surface area contributed by atoms with Gasteiger partial charge >= 0.3 is 0 Å². The summed E-state index contributed by atoms with van der Waals surface area (Å²) in [6.45, 7) is 6.22. The first kappa shape index (κ1) is 21.6. The molecule has 0 fully saturated rings. The molecule has 2 unspecified atom stereocenters. The first-order valence-corrected chi connectivity index (χ1v) is 9.49. The number of ether oxygens (including phenoxy) is 1. The monoisotopic (exact) mass is 371 g/mol. The maximum Gasteiger partial charge on any atom is 0.253 e. The number of aromatic hydroxyl groups is 2. The number of hydrogen-bond donors (Lipinski definition) is 3. The van der Waals surface area contributed by atoms with Gasteiger partial charge in [-0.15, -0.1) is 0 Å². The van der Waals surface area contributed by atoms with E-state index in [9.17, 15) is 15.0 Å². The molecule has 142 valence electrons. The standard InChI is InChI=1S/C19H30ClNO4/c1-4-7-9-13(6-3)25-16(10-8-5-2)19(24)21-17-15(22)12-11-14(20)18(17)23/h11-13,16,22-23H,4-10H2,1-3H3,(H,21,24). The van der Waals surface area contributed by atoms with Crippen LogP contribution in [-0.4, -0.2) is 28.3 Å². The smallest absolute Gasteiger partial charge is 0.253 e. The largest absolute Gasteiger partial charge is 0.506 e. The first-order valence-electron chi connectivity index (χ1n) is 9.11. The highest BCUT2D eigenvalue weighted by Crippen LogP contribution is 2.38. The Morgan fingerprint density at radius 1 is 1.16 bits per heavy atom. The number of carbonyl (C=O) groups excluding carboxylic acids is 1. The third-order valence-electron chi connectivity index (χ3n) is 4.16. The summed E-state index contributed by atoms with van der Waals surface area (Å²) in [5.74, 6) is -0.957. The average Bonchev–Trinajstić information content (AvgIpc) is 2.61. The third kappa shape index (κ3) is 6.75. The van der Waals surface area contributed by atoms with Gasteiger partial charge in [0.15, 0.2) is 5.75 Å². The highest BCUT2D eigenvalue weighted by molar-refractivity contribution is 6.32. The Balaban J connectivity index is 2.87. The van der Waals surface area contributed by atoms with Gasteiger partial charge in [0.25, 0.3) is 5.91 Å². The van der Waals surface area contributed by atoms with Crippen LogP contribution < -0.4 is 5.32 Å². The number of unbranched alkanes of at least 4 members (excludes halogenated alkanes) is 2. The number of benzene rings is 1. The lowest BCUT2D eigenvalue weighted by molar-refractivity contribution is -0.132. The van der Waals surface area contributed by atoms with Gasteiger partial charge in [-0.1, -0.05) is 58.1 Å². The number of carbonyl (C=O) groups is 1. The summed E-state index contributed by atoms with van der Waals surface area (Å²) in [7, 11) is 0. The zero-order valence-corrected chi connectivity index (χ0v) is 16.1. The van der Waals surface area contributed by atoms with Crippen molar-refractivity contribution >= 4 is 23.2 Å². The van der Waals surface area contributed by atoms with E-state index in [1.165, 1.54) is 12.1 Å². The van der Waals surface area contributed by atoms with Gasteiger partial charge in [-0.2, -0.15) is 0 Å². The molecule has 25 heavy (non-hydrogen) atoms.